The van der Waals surface area contributed by atoms with Gasteiger partial charge in [-0.1, -0.05) is 51.3 Å². The van der Waals surface area contributed by atoms with Crippen molar-refractivity contribution >= 4 is 23.0 Å². The van der Waals surface area contributed by atoms with Crippen LogP contribution in [0, 0.1) is 17.2 Å². The van der Waals surface area contributed by atoms with Crippen LogP contribution in [0.25, 0.3) is 17.0 Å². The molecule has 0 bridgehead atoms. The highest BCUT2D eigenvalue weighted by Crippen LogP contribution is 2.21. The number of carbonyl (C=O) groups is 1. The number of esters is 1. The summed E-state index contributed by atoms with van der Waals surface area (Å²) in [6.45, 7) is 4.58. The van der Waals surface area contributed by atoms with Crippen molar-refractivity contribution < 1.29 is 13.9 Å². The van der Waals surface area contributed by atoms with Crippen LogP contribution in [0.5, 0.6) is 0 Å². The molecule has 4 nitrogen and oxygen atoms in total. The predicted molar refractivity (Wildman–Crippen MR) is 94.1 cm³/mol. The summed E-state index contributed by atoms with van der Waals surface area (Å²) in [6, 6.07) is 11.3. The molecule has 1 aromatic carbocycles. The van der Waals surface area contributed by atoms with Crippen LogP contribution in [-0.4, -0.2) is 12.6 Å². The van der Waals surface area contributed by atoms with Crippen LogP contribution in [-0.2, 0) is 9.53 Å². The minimum atomic E-state index is -0.590. The molecule has 0 aliphatic carbocycles. The van der Waals surface area contributed by atoms with Gasteiger partial charge in [0, 0.05) is 11.5 Å². The quantitative estimate of drug-likeness (QED) is 0.385. The summed E-state index contributed by atoms with van der Waals surface area (Å²) in [6.07, 6.45) is 5.68. The summed E-state index contributed by atoms with van der Waals surface area (Å²) in [5.41, 5.74) is 0.680. The third kappa shape index (κ3) is 4.73. The van der Waals surface area contributed by atoms with E-state index in [9.17, 15) is 10.1 Å². The fourth-order valence-corrected chi connectivity index (χ4v) is 2.52. The van der Waals surface area contributed by atoms with E-state index in [0.717, 1.165) is 36.7 Å². The largest absolute Gasteiger partial charge is 0.461 e. The normalized spacial score (nSPS) is 12.8. The summed E-state index contributed by atoms with van der Waals surface area (Å²) >= 11 is 0. The molecule has 0 N–H and O–H groups in total. The van der Waals surface area contributed by atoms with Gasteiger partial charge in [-0.3, -0.25) is 0 Å². The van der Waals surface area contributed by atoms with Crippen LogP contribution < -0.4 is 0 Å². The van der Waals surface area contributed by atoms with Crippen molar-refractivity contribution in [3.8, 4) is 6.07 Å². The lowest BCUT2D eigenvalue weighted by Crippen LogP contribution is -2.14. The maximum Gasteiger partial charge on any atom is 0.349 e. The van der Waals surface area contributed by atoms with Crippen molar-refractivity contribution in [2.24, 2.45) is 5.92 Å². The third-order valence-electron chi connectivity index (χ3n) is 4.06. The first kappa shape index (κ1) is 17.8. The molecule has 0 spiro atoms. The Labute approximate surface area is 142 Å². The van der Waals surface area contributed by atoms with E-state index in [1.807, 2.05) is 30.3 Å². The number of ether oxygens (including phenoxy) is 1. The lowest BCUT2D eigenvalue weighted by atomic mass is 10.0. The summed E-state index contributed by atoms with van der Waals surface area (Å²) in [4.78, 5) is 12.1. The molecule has 1 heterocycles. The average molecular weight is 325 g/mol. The van der Waals surface area contributed by atoms with E-state index in [-0.39, 0.29) is 5.57 Å². The van der Waals surface area contributed by atoms with Gasteiger partial charge in [0.05, 0.1) is 6.61 Å². The van der Waals surface area contributed by atoms with Crippen molar-refractivity contribution in [2.75, 3.05) is 6.61 Å². The van der Waals surface area contributed by atoms with Crippen molar-refractivity contribution in [1.29, 1.82) is 5.26 Å². The molecule has 0 aliphatic heterocycles. The van der Waals surface area contributed by atoms with E-state index in [0.29, 0.717) is 18.3 Å². The van der Waals surface area contributed by atoms with E-state index in [4.69, 9.17) is 9.15 Å². The SMILES string of the molecule is CCCCC(CC)COC(=O)C(C#N)=Cc1cc2ccccc2o1. The molecule has 0 amide bonds. The molecule has 1 aromatic heterocycles. The molecular formula is C20H23NO3. The molecule has 0 saturated carbocycles. The molecule has 0 fully saturated rings. The lowest BCUT2D eigenvalue weighted by molar-refractivity contribution is -0.139. The second kappa shape index (κ2) is 8.93. The van der Waals surface area contributed by atoms with Gasteiger partial charge < -0.3 is 9.15 Å². The predicted octanol–water partition coefficient (Wildman–Crippen LogP) is 5.10. The van der Waals surface area contributed by atoms with Gasteiger partial charge in [-0.15, -0.1) is 0 Å². The van der Waals surface area contributed by atoms with E-state index in [2.05, 4.69) is 13.8 Å². The fraction of sp³-hybridized carbons (Fsp3) is 0.400. The number of fused-ring (bicyclic) bond motifs is 1. The zero-order valence-corrected chi connectivity index (χ0v) is 14.2. The number of para-hydroxylation sites is 1. The minimum absolute atomic E-state index is 0.0422. The first-order valence-electron chi connectivity index (χ1n) is 8.45. The Hall–Kier alpha value is -2.54. The van der Waals surface area contributed by atoms with E-state index < -0.39 is 5.97 Å². The van der Waals surface area contributed by atoms with E-state index in [1.165, 1.54) is 6.08 Å². The maximum atomic E-state index is 12.1. The number of carbonyl (C=O) groups excluding carboxylic acids is 1. The Morgan fingerprint density at radius 2 is 2.17 bits per heavy atom. The van der Waals surface area contributed by atoms with Gasteiger partial charge >= 0.3 is 5.97 Å². The summed E-state index contributed by atoms with van der Waals surface area (Å²) in [7, 11) is 0. The molecule has 0 aliphatic rings. The van der Waals surface area contributed by atoms with Gasteiger partial charge in [-0.25, -0.2) is 4.79 Å². The van der Waals surface area contributed by atoms with Crippen molar-refractivity contribution in [3.63, 3.8) is 0 Å². The van der Waals surface area contributed by atoms with Gasteiger partial charge in [0.15, 0.2) is 0 Å². The summed E-state index contributed by atoms with van der Waals surface area (Å²) in [5.74, 6) is 0.232. The van der Waals surface area contributed by atoms with Crippen LogP contribution in [0.15, 0.2) is 40.3 Å². The monoisotopic (exact) mass is 325 g/mol. The smallest absolute Gasteiger partial charge is 0.349 e. The highest BCUT2D eigenvalue weighted by atomic mass is 16.5. The number of hydrogen-bond acceptors (Lipinski definition) is 4. The molecule has 1 atom stereocenters. The van der Waals surface area contributed by atoms with Crippen LogP contribution in [0.3, 0.4) is 0 Å². The third-order valence-corrected chi connectivity index (χ3v) is 4.06. The Bertz CT molecular complexity index is 719. The number of rotatable bonds is 8. The molecule has 2 rings (SSSR count). The zero-order chi connectivity index (χ0) is 17.4. The van der Waals surface area contributed by atoms with Crippen molar-refractivity contribution in [1.82, 2.24) is 0 Å². The Kier molecular flexibility index (Phi) is 6.62. The molecule has 4 heteroatoms. The number of nitrogens with zero attached hydrogens (tertiary/aromatic N) is 1. The van der Waals surface area contributed by atoms with Crippen LogP contribution in [0.4, 0.5) is 0 Å². The number of furan rings is 1. The molecule has 2 aromatic rings. The zero-order valence-electron chi connectivity index (χ0n) is 14.2. The second-order valence-corrected chi connectivity index (χ2v) is 5.87. The number of nitriles is 1. The first-order chi connectivity index (χ1) is 11.7. The fourth-order valence-electron chi connectivity index (χ4n) is 2.52. The Morgan fingerprint density at radius 1 is 1.38 bits per heavy atom. The van der Waals surface area contributed by atoms with Crippen LogP contribution in [0.2, 0.25) is 0 Å². The van der Waals surface area contributed by atoms with Gasteiger partial charge in [-0.2, -0.15) is 5.26 Å². The molecular weight excluding hydrogens is 302 g/mol. The molecule has 0 saturated heterocycles. The Balaban J connectivity index is 2.04. The van der Waals surface area contributed by atoms with Crippen LogP contribution >= 0.6 is 0 Å². The maximum absolute atomic E-state index is 12.1. The number of hydrogen-bond donors (Lipinski definition) is 0. The van der Waals surface area contributed by atoms with Gasteiger partial charge in [-0.05, 0) is 24.5 Å². The summed E-state index contributed by atoms with van der Waals surface area (Å²) < 4.78 is 10.9. The minimum Gasteiger partial charge on any atom is -0.461 e. The topological polar surface area (TPSA) is 63.2 Å². The molecule has 0 radical (unpaired) electrons. The number of unbranched alkanes of at least 4 members (excludes halogenated alkanes) is 1. The van der Waals surface area contributed by atoms with Crippen molar-refractivity contribution in [2.45, 2.75) is 39.5 Å². The second-order valence-electron chi connectivity index (χ2n) is 5.87. The highest BCUT2D eigenvalue weighted by Gasteiger charge is 2.15. The highest BCUT2D eigenvalue weighted by molar-refractivity contribution is 5.98. The first-order valence-corrected chi connectivity index (χ1v) is 8.45. The standard InChI is InChI=1S/C20H23NO3/c1-3-5-8-15(4-2)14-23-20(22)17(13-21)12-18-11-16-9-6-7-10-19(16)24-18/h6-7,9-12,15H,3-5,8,14H2,1-2H3. The van der Waals surface area contributed by atoms with Gasteiger partial charge in [0.25, 0.3) is 0 Å². The average Bonchev–Trinajstić information content (AvgIpc) is 3.02. The van der Waals surface area contributed by atoms with E-state index >= 15 is 0 Å². The molecule has 1 unspecified atom stereocenters. The van der Waals surface area contributed by atoms with Gasteiger partial charge in [0.2, 0.25) is 0 Å². The molecule has 126 valence electrons. The number of benzene rings is 1. The van der Waals surface area contributed by atoms with E-state index in [1.54, 1.807) is 6.07 Å². The Morgan fingerprint density at radius 3 is 2.83 bits per heavy atom. The molecule has 24 heavy (non-hydrogen) atoms. The van der Waals surface area contributed by atoms with Gasteiger partial charge in [0.1, 0.15) is 23.0 Å². The lowest BCUT2D eigenvalue weighted by Gasteiger charge is -2.14. The summed E-state index contributed by atoms with van der Waals surface area (Å²) in [5, 5.41) is 10.2. The van der Waals surface area contributed by atoms with Crippen LogP contribution in [0.1, 0.15) is 45.3 Å². The van der Waals surface area contributed by atoms with Crippen molar-refractivity contribution in [3.05, 3.63) is 41.7 Å².